The molecule has 0 aliphatic heterocycles. The molecule has 2 aromatic rings. The summed E-state index contributed by atoms with van der Waals surface area (Å²) in [7, 11) is 0. The second-order valence-electron chi connectivity index (χ2n) is 5.20. The third-order valence-corrected chi connectivity index (χ3v) is 5.30. The van der Waals surface area contributed by atoms with Gasteiger partial charge in [-0.3, -0.25) is 4.79 Å². The van der Waals surface area contributed by atoms with E-state index in [1.165, 1.54) is 35.9 Å². The van der Waals surface area contributed by atoms with Crippen LogP contribution in [0.15, 0.2) is 28.6 Å². The highest BCUT2D eigenvalue weighted by molar-refractivity contribution is 8.02. The van der Waals surface area contributed by atoms with Crippen LogP contribution in [-0.2, 0) is 4.79 Å². The number of hydrogen-bond acceptors (Lipinski definition) is 7. The van der Waals surface area contributed by atoms with E-state index in [1.807, 2.05) is 6.92 Å². The van der Waals surface area contributed by atoms with E-state index in [2.05, 4.69) is 26.9 Å². The molecule has 6 nitrogen and oxygen atoms in total. The quantitative estimate of drug-likeness (QED) is 0.782. The molecule has 1 aliphatic rings. The molecule has 0 saturated heterocycles. The monoisotopic (exact) mass is 345 g/mol. The Morgan fingerprint density at radius 1 is 1.43 bits per heavy atom. The van der Waals surface area contributed by atoms with Crippen LogP contribution < -0.4 is 10.6 Å². The highest BCUT2D eigenvalue weighted by Crippen LogP contribution is 2.32. The molecule has 118 valence electrons. The van der Waals surface area contributed by atoms with E-state index in [0.717, 1.165) is 9.47 Å². The number of nitrogens with zero attached hydrogens (tertiary/aromatic N) is 3. The summed E-state index contributed by atoms with van der Waals surface area (Å²) in [5, 5.41) is 23.8. The highest BCUT2D eigenvalue weighted by Gasteiger charge is 2.23. The minimum atomic E-state index is -0.330. The van der Waals surface area contributed by atoms with Gasteiger partial charge in [-0.2, -0.15) is 5.26 Å². The Morgan fingerprint density at radius 3 is 2.96 bits per heavy atom. The number of hydrogen-bond donors (Lipinski definition) is 2. The number of nitriles is 1. The molecular weight excluding hydrogens is 330 g/mol. The number of rotatable bonds is 6. The molecule has 0 radical (unpaired) electrons. The average molecular weight is 345 g/mol. The molecule has 2 N–H and O–H groups in total. The van der Waals surface area contributed by atoms with Gasteiger partial charge in [-0.1, -0.05) is 35.2 Å². The van der Waals surface area contributed by atoms with Crippen LogP contribution in [-0.4, -0.2) is 27.4 Å². The third kappa shape index (κ3) is 4.21. The largest absolute Gasteiger partial charge is 0.357 e. The van der Waals surface area contributed by atoms with E-state index in [4.69, 9.17) is 5.26 Å². The van der Waals surface area contributed by atoms with E-state index >= 15 is 0 Å². The minimum Gasteiger partial charge on any atom is -0.357 e. The summed E-state index contributed by atoms with van der Waals surface area (Å²) in [4.78, 5) is 12.3. The van der Waals surface area contributed by atoms with Gasteiger partial charge in [0.1, 0.15) is 6.07 Å². The Labute approximate surface area is 142 Å². The molecule has 23 heavy (non-hydrogen) atoms. The Hall–Kier alpha value is -2.11. The topological polar surface area (TPSA) is 90.7 Å². The van der Waals surface area contributed by atoms with Crippen molar-refractivity contribution in [3.63, 3.8) is 0 Å². The molecule has 1 atom stereocenters. The number of benzene rings is 1. The average Bonchev–Trinajstić information content (AvgIpc) is 3.26. The van der Waals surface area contributed by atoms with Crippen molar-refractivity contribution < 1.29 is 4.79 Å². The second-order valence-corrected chi connectivity index (χ2v) is 7.76. The lowest BCUT2D eigenvalue weighted by Crippen LogP contribution is -2.22. The maximum Gasteiger partial charge on any atom is 0.237 e. The third-order valence-electron chi connectivity index (χ3n) is 3.26. The Morgan fingerprint density at radius 2 is 2.22 bits per heavy atom. The van der Waals surface area contributed by atoms with Gasteiger partial charge in [-0.25, -0.2) is 0 Å². The maximum atomic E-state index is 12.3. The summed E-state index contributed by atoms with van der Waals surface area (Å²) in [5.41, 5.74) is 0.977. The number of nitrogens with one attached hydrogen (secondary N) is 2. The van der Waals surface area contributed by atoms with Gasteiger partial charge in [0.05, 0.1) is 16.5 Å². The SMILES string of the molecule is C[C@@H](Sc1nnc(NC2CC2)s1)C(=O)Nc1ccccc1C#N. The van der Waals surface area contributed by atoms with Gasteiger partial charge in [0.15, 0.2) is 4.34 Å². The Balaban J connectivity index is 1.58. The summed E-state index contributed by atoms with van der Waals surface area (Å²) in [6.07, 6.45) is 2.36. The summed E-state index contributed by atoms with van der Waals surface area (Å²) in [5.74, 6) is -0.162. The summed E-state index contributed by atoms with van der Waals surface area (Å²) >= 11 is 2.82. The Bertz CT molecular complexity index is 750. The highest BCUT2D eigenvalue weighted by atomic mass is 32.2. The Kier molecular flexibility index (Phi) is 4.79. The fraction of sp³-hybridized carbons (Fsp3) is 0.333. The smallest absolute Gasteiger partial charge is 0.237 e. The van der Waals surface area contributed by atoms with Gasteiger partial charge < -0.3 is 10.6 Å². The van der Waals surface area contributed by atoms with Gasteiger partial charge in [0.2, 0.25) is 11.0 Å². The molecule has 1 aromatic carbocycles. The molecule has 8 heteroatoms. The van der Waals surface area contributed by atoms with Crippen molar-refractivity contribution in [1.82, 2.24) is 10.2 Å². The van der Waals surface area contributed by atoms with Gasteiger partial charge in [0, 0.05) is 6.04 Å². The second kappa shape index (κ2) is 6.98. The number of para-hydroxylation sites is 1. The number of amides is 1. The molecule has 0 unspecified atom stereocenters. The first kappa shape index (κ1) is 15.8. The minimum absolute atomic E-state index is 0.162. The van der Waals surface area contributed by atoms with E-state index < -0.39 is 0 Å². The van der Waals surface area contributed by atoms with Crippen molar-refractivity contribution in [2.24, 2.45) is 0 Å². The van der Waals surface area contributed by atoms with Crippen molar-refractivity contribution in [2.75, 3.05) is 10.6 Å². The van der Waals surface area contributed by atoms with Crippen LogP contribution in [0.4, 0.5) is 10.8 Å². The van der Waals surface area contributed by atoms with Crippen LogP contribution in [0.1, 0.15) is 25.3 Å². The van der Waals surface area contributed by atoms with Crippen molar-refractivity contribution in [2.45, 2.75) is 35.4 Å². The summed E-state index contributed by atoms with van der Waals surface area (Å²) in [6, 6.07) is 9.54. The molecule has 1 heterocycles. The lowest BCUT2D eigenvalue weighted by molar-refractivity contribution is -0.115. The first-order valence-electron chi connectivity index (χ1n) is 7.22. The summed E-state index contributed by atoms with van der Waals surface area (Å²) < 4.78 is 0.754. The molecule has 0 spiro atoms. The van der Waals surface area contributed by atoms with Gasteiger partial charge >= 0.3 is 0 Å². The lowest BCUT2D eigenvalue weighted by Gasteiger charge is -2.11. The van der Waals surface area contributed by atoms with Gasteiger partial charge in [-0.05, 0) is 31.9 Å². The number of anilines is 2. The predicted octanol–water partition coefficient (Wildman–Crippen LogP) is 3.10. The lowest BCUT2D eigenvalue weighted by atomic mass is 10.2. The van der Waals surface area contributed by atoms with E-state index in [1.54, 1.807) is 24.3 Å². The molecule has 3 rings (SSSR count). The molecule has 1 amide bonds. The molecule has 0 bridgehead atoms. The first-order valence-corrected chi connectivity index (χ1v) is 8.92. The normalized spacial score (nSPS) is 14.8. The number of carbonyl (C=O) groups excluding carboxylic acids is 1. The van der Waals surface area contributed by atoms with E-state index in [0.29, 0.717) is 17.3 Å². The number of thioether (sulfide) groups is 1. The fourth-order valence-electron chi connectivity index (χ4n) is 1.85. The van der Waals surface area contributed by atoms with Crippen LogP contribution in [0.3, 0.4) is 0 Å². The summed E-state index contributed by atoms with van der Waals surface area (Å²) in [6.45, 7) is 1.81. The van der Waals surface area contributed by atoms with Crippen LogP contribution in [0.25, 0.3) is 0 Å². The zero-order chi connectivity index (χ0) is 16.2. The van der Waals surface area contributed by atoms with Crippen molar-refractivity contribution in [3.8, 4) is 6.07 Å². The molecule has 1 aromatic heterocycles. The number of aromatic nitrogens is 2. The molecule has 1 saturated carbocycles. The zero-order valence-corrected chi connectivity index (χ0v) is 14.1. The zero-order valence-electron chi connectivity index (χ0n) is 12.4. The number of carbonyl (C=O) groups is 1. The van der Waals surface area contributed by atoms with Gasteiger partial charge in [0.25, 0.3) is 0 Å². The fourth-order valence-corrected chi connectivity index (χ4v) is 3.82. The van der Waals surface area contributed by atoms with Gasteiger partial charge in [-0.15, -0.1) is 10.2 Å². The van der Waals surface area contributed by atoms with E-state index in [-0.39, 0.29) is 11.2 Å². The van der Waals surface area contributed by atoms with Crippen LogP contribution in [0.2, 0.25) is 0 Å². The van der Waals surface area contributed by atoms with Crippen molar-refractivity contribution in [3.05, 3.63) is 29.8 Å². The van der Waals surface area contributed by atoms with Crippen LogP contribution in [0, 0.1) is 11.3 Å². The van der Waals surface area contributed by atoms with E-state index in [9.17, 15) is 4.79 Å². The molecular formula is C15H15N5OS2. The van der Waals surface area contributed by atoms with Crippen LogP contribution >= 0.6 is 23.1 Å². The maximum absolute atomic E-state index is 12.3. The van der Waals surface area contributed by atoms with Crippen molar-refractivity contribution >= 4 is 39.8 Å². The van der Waals surface area contributed by atoms with Crippen LogP contribution in [0.5, 0.6) is 0 Å². The molecule has 1 aliphatic carbocycles. The predicted molar refractivity (Wildman–Crippen MR) is 91.7 cm³/mol. The molecule has 1 fully saturated rings. The first-order chi connectivity index (χ1) is 11.2. The van der Waals surface area contributed by atoms with Crippen molar-refractivity contribution in [1.29, 1.82) is 5.26 Å². The standard InChI is InChI=1S/C15H15N5OS2/c1-9(13(21)18-12-5-3-2-4-10(12)8-16)22-15-20-19-14(23-15)17-11-6-7-11/h2-5,9,11H,6-7H2,1H3,(H,17,19)(H,18,21)/t9-/m1/s1.